The number of benzene rings is 3. The maximum absolute atomic E-state index is 7.58. The van der Waals surface area contributed by atoms with Crippen LogP contribution in [0.4, 0.5) is 0 Å². The van der Waals surface area contributed by atoms with E-state index in [0.29, 0.717) is 11.5 Å². The number of hydrogen-bond donors (Lipinski definition) is 0. The van der Waals surface area contributed by atoms with Gasteiger partial charge >= 0.3 is 0 Å². The van der Waals surface area contributed by atoms with Crippen molar-refractivity contribution in [2.24, 2.45) is 5.41 Å². The maximum atomic E-state index is 7.58. The first kappa shape index (κ1) is 26.4. The van der Waals surface area contributed by atoms with E-state index < -0.39 is 11.7 Å². The minimum absolute atomic E-state index is 0.179. The topological polar surface area (TPSA) is 46.2 Å². The van der Waals surface area contributed by atoms with Crippen LogP contribution in [0.15, 0.2) is 114 Å². The first-order chi connectivity index (χ1) is 20.4. The quantitative estimate of drug-likeness (QED) is 0.380. The molecule has 4 aliphatic rings. The molecule has 0 radical (unpaired) electrons. The van der Waals surface area contributed by atoms with Gasteiger partial charge in [-0.1, -0.05) is 68.5 Å². The van der Waals surface area contributed by atoms with Gasteiger partial charge in [0.2, 0.25) is 0 Å². The zero-order valence-electron chi connectivity index (χ0n) is 24.6. The fraction of sp³-hybridized carbons (Fsp3) is 0.243. The number of methoxy groups -OCH3 is 3. The minimum Gasteiger partial charge on any atom is -0.497 e. The summed E-state index contributed by atoms with van der Waals surface area (Å²) in [6.07, 6.45) is 10.8. The van der Waals surface area contributed by atoms with Crippen LogP contribution in [0.3, 0.4) is 0 Å². The first-order valence-corrected chi connectivity index (χ1v) is 14.3. The van der Waals surface area contributed by atoms with Crippen molar-refractivity contribution in [3.05, 3.63) is 136 Å². The Bertz CT molecular complexity index is 1820. The monoisotopic (exact) mass is 558 g/mol. The highest BCUT2D eigenvalue weighted by Crippen LogP contribution is 2.57. The molecule has 0 amide bonds. The summed E-state index contributed by atoms with van der Waals surface area (Å²) >= 11 is 0. The fourth-order valence-corrected chi connectivity index (χ4v) is 6.97. The van der Waals surface area contributed by atoms with Crippen molar-refractivity contribution < 1.29 is 23.7 Å². The predicted molar refractivity (Wildman–Crippen MR) is 164 cm³/mol. The lowest BCUT2D eigenvalue weighted by Crippen LogP contribution is -2.51. The van der Waals surface area contributed by atoms with Crippen LogP contribution >= 0.6 is 0 Å². The molecular weight excluding hydrogens is 524 g/mol. The average molecular weight is 559 g/mol. The molecule has 0 fully saturated rings. The summed E-state index contributed by atoms with van der Waals surface area (Å²) in [7, 11) is 5.03. The van der Waals surface area contributed by atoms with Crippen molar-refractivity contribution in [2.75, 3.05) is 21.3 Å². The van der Waals surface area contributed by atoms with Crippen LogP contribution < -0.4 is 24.6 Å². The molecule has 3 aromatic carbocycles. The summed E-state index contributed by atoms with van der Waals surface area (Å²) in [5.41, 5.74) is 5.59. The summed E-state index contributed by atoms with van der Waals surface area (Å²) in [4.78, 5) is 0. The predicted octanol–water partition coefficient (Wildman–Crippen LogP) is 6.08. The molecule has 0 spiro atoms. The van der Waals surface area contributed by atoms with Gasteiger partial charge in [0, 0.05) is 10.8 Å². The molecule has 2 aliphatic heterocycles. The molecule has 3 aromatic rings. The van der Waals surface area contributed by atoms with Gasteiger partial charge in [0.05, 0.1) is 27.6 Å². The van der Waals surface area contributed by atoms with Gasteiger partial charge in [-0.3, -0.25) is 0 Å². The number of rotatable bonds is 5. The molecule has 0 N–H and O–H groups in total. The van der Waals surface area contributed by atoms with E-state index in [-0.39, 0.29) is 5.41 Å². The normalized spacial score (nSPS) is 23.2. The van der Waals surface area contributed by atoms with E-state index >= 15 is 0 Å². The lowest BCUT2D eigenvalue weighted by atomic mass is 9.62. The number of ether oxygens (including phenoxy) is 5. The van der Waals surface area contributed by atoms with Gasteiger partial charge in [-0.05, 0) is 81.3 Å². The molecule has 0 bridgehead atoms. The number of allylic oxidation sites excluding steroid dienone is 3. The van der Waals surface area contributed by atoms with Crippen LogP contribution in [0.5, 0.6) is 17.2 Å². The second-order valence-electron chi connectivity index (χ2n) is 11.6. The van der Waals surface area contributed by atoms with E-state index in [1.165, 1.54) is 5.57 Å². The Labute approximate surface area is 246 Å². The van der Waals surface area contributed by atoms with Gasteiger partial charge in [-0.2, -0.15) is 0 Å². The highest BCUT2D eigenvalue weighted by molar-refractivity contribution is 5.86. The van der Waals surface area contributed by atoms with Gasteiger partial charge < -0.3 is 23.7 Å². The van der Waals surface area contributed by atoms with Crippen LogP contribution in [0.25, 0.3) is 11.3 Å². The molecule has 212 valence electrons. The zero-order chi connectivity index (χ0) is 29.1. The molecule has 5 heteroatoms. The van der Waals surface area contributed by atoms with Crippen LogP contribution in [0.2, 0.25) is 0 Å². The minimum atomic E-state index is -0.883. The van der Waals surface area contributed by atoms with Crippen molar-refractivity contribution in [2.45, 2.75) is 32.0 Å². The molecule has 0 saturated heterocycles. The third-order valence-electron chi connectivity index (χ3n) is 8.88. The lowest BCUT2D eigenvalue weighted by molar-refractivity contribution is -0.0140. The second-order valence-corrected chi connectivity index (χ2v) is 11.6. The van der Waals surface area contributed by atoms with Gasteiger partial charge in [-0.15, -0.1) is 0 Å². The van der Waals surface area contributed by atoms with Crippen molar-refractivity contribution in [1.29, 1.82) is 0 Å². The lowest BCUT2D eigenvalue weighted by Gasteiger charge is -2.51. The summed E-state index contributed by atoms with van der Waals surface area (Å²) in [5.74, 6) is 2.90. The standard InChI is InChI=1S/C37H34O5/c1-36(2)19-9-14-29-33(36)32-27-21-30(39-4)31(40-5)22-28(27)34-26(13-10-20-41-34)35(32)42-37(29,23-11-7-6-8-12-23)24-15-17-25(38-3)18-16-24/h6-18,20-22,35H,19H2,1-5H3. The van der Waals surface area contributed by atoms with E-state index in [2.05, 4.69) is 74.5 Å². The molecule has 2 heterocycles. The molecule has 2 unspecified atom stereocenters. The van der Waals surface area contributed by atoms with Gasteiger partial charge in [0.15, 0.2) is 11.5 Å². The Morgan fingerprint density at radius 3 is 2.19 bits per heavy atom. The molecule has 0 aromatic heterocycles. The Morgan fingerprint density at radius 1 is 0.810 bits per heavy atom. The van der Waals surface area contributed by atoms with Crippen LogP contribution in [0.1, 0.15) is 31.4 Å². The first-order valence-electron chi connectivity index (χ1n) is 14.3. The maximum Gasteiger partial charge on any atom is 0.161 e. The van der Waals surface area contributed by atoms with Gasteiger partial charge in [-0.25, -0.2) is 0 Å². The van der Waals surface area contributed by atoms with Crippen LogP contribution in [0, 0.1) is 5.41 Å². The highest BCUT2D eigenvalue weighted by Gasteiger charge is 2.53. The Kier molecular flexibility index (Phi) is 6.17. The van der Waals surface area contributed by atoms with E-state index in [0.717, 1.165) is 56.2 Å². The second kappa shape index (κ2) is 9.81. The molecule has 2 aliphatic carbocycles. The van der Waals surface area contributed by atoms with Crippen molar-refractivity contribution in [3.8, 4) is 17.2 Å². The summed E-state index contributed by atoms with van der Waals surface area (Å²) in [6.45, 7) is 4.66. The number of hydrogen-bond acceptors (Lipinski definition) is 5. The van der Waals surface area contributed by atoms with E-state index in [1.54, 1.807) is 27.6 Å². The van der Waals surface area contributed by atoms with Gasteiger partial charge in [0.1, 0.15) is 23.2 Å². The summed E-state index contributed by atoms with van der Waals surface area (Å²) in [6, 6.07) is 22.9. The van der Waals surface area contributed by atoms with Crippen LogP contribution in [-0.2, 0) is 15.1 Å². The molecular formula is C37H34O5. The molecule has 7 rings (SSSR count). The SMILES string of the molecule is COc1ccc(C2(c3ccccc3)OC3C4=CC=COC4=c4cc(OC)c(OC)cc4=C3C3=C2C=CCC3(C)C)cc1. The van der Waals surface area contributed by atoms with Gasteiger partial charge in [0.25, 0.3) is 0 Å². The third kappa shape index (κ3) is 3.73. The largest absolute Gasteiger partial charge is 0.497 e. The molecule has 42 heavy (non-hydrogen) atoms. The Hall–Kier alpha value is -4.48. The third-order valence-corrected chi connectivity index (χ3v) is 8.88. The summed E-state index contributed by atoms with van der Waals surface area (Å²) in [5, 5.41) is 2.00. The Balaban J connectivity index is 1.67. The average Bonchev–Trinajstić information content (AvgIpc) is 3.04. The number of fused-ring (bicyclic) bond motifs is 5. The van der Waals surface area contributed by atoms with E-state index in [4.69, 9.17) is 23.7 Å². The molecule has 0 saturated carbocycles. The fourth-order valence-electron chi connectivity index (χ4n) is 6.97. The van der Waals surface area contributed by atoms with E-state index in [9.17, 15) is 0 Å². The molecule has 2 atom stereocenters. The smallest absolute Gasteiger partial charge is 0.161 e. The zero-order valence-corrected chi connectivity index (χ0v) is 24.6. The Morgan fingerprint density at radius 2 is 1.50 bits per heavy atom. The van der Waals surface area contributed by atoms with Crippen LogP contribution in [-0.4, -0.2) is 27.4 Å². The van der Waals surface area contributed by atoms with Crippen molar-refractivity contribution in [3.63, 3.8) is 0 Å². The molecule has 5 nitrogen and oxygen atoms in total. The van der Waals surface area contributed by atoms with Crippen molar-refractivity contribution in [1.82, 2.24) is 0 Å². The summed E-state index contributed by atoms with van der Waals surface area (Å²) < 4.78 is 30.9. The van der Waals surface area contributed by atoms with E-state index in [1.807, 2.05) is 30.3 Å². The highest BCUT2D eigenvalue weighted by atomic mass is 16.5. The van der Waals surface area contributed by atoms with Crippen molar-refractivity contribution >= 4 is 11.3 Å².